The molecule has 0 heterocycles. The van der Waals surface area contributed by atoms with Gasteiger partial charge in [0.25, 0.3) is 0 Å². The second-order valence-corrected chi connectivity index (χ2v) is 6.39. The normalized spacial score (nSPS) is 12.3. The maximum Gasteiger partial charge on any atom is 0.323 e. The van der Waals surface area contributed by atoms with Gasteiger partial charge in [0.05, 0.1) is 7.11 Å². The summed E-state index contributed by atoms with van der Waals surface area (Å²) in [4.78, 5) is 14.0. The number of alkyl halides is 2. The number of nitrogens with zero attached hydrogens (tertiary/aromatic N) is 1. The van der Waals surface area contributed by atoms with Gasteiger partial charge in [-0.2, -0.15) is 0 Å². The molecule has 0 aromatic heterocycles. The molecule has 0 saturated heterocycles. The highest BCUT2D eigenvalue weighted by Crippen LogP contribution is 2.17. The van der Waals surface area contributed by atoms with Crippen LogP contribution in [0.5, 0.6) is 0 Å². The zero-order valence-corrected chi connectivity index (χ0v) is 15.5. The SMILES string of the molecule is COC(=O)C(Cc1ccc(N(CCCl)CCCl)cc1)NC(C)C. The first kappa shape index (κ1) is 20.1. The standard InChI is InChI=1S/C17H26Cl2N2O2/c1-13(2)20-16(17(22)23-3)12-14-4-6-15(7-5-14)21(10-8-18)11-9-19/h4-7,13,16,20H,8-12H2,1-3H3. The van der Waals surface area contributed by atoms with E-state index in [0.29, 0.717) is 18.2 Å². The molecule has 0 saturated carbocycles. The lowest BCUT2D eigenvalue weighted by atomic mass is 10.0. The number of hydrogen-bond acceptors (Lipinski definition) is 4. The molecular weight excluding hydrogens is 335 g/mol. The van der Waals surface area contributed by atoms with E-state index < -0.39 is 0 Å². The zero-order chi connectivity index (χ0) is 17.2. The van der Waals surface area contributed by atoms with Crippen LogP contribution >= 0.6 is 23.2 Å². The van der Waals surface area contributed by atoms with Gasteiger partial charge in [0.2, 0.25) is 0 Å². The molecule has 1 aromatic carbocycles. The van der Waals surface area contributed by atoms with Crippen LogP contribution in [0.25, 0.3) is 0 Å². The van der Waals surface area contributed by atoms with Crippen molar-refractivity contribution in [2.24, 2.45) is 0 Å². The third-order valence-corrected chi connectivity index (χ3v) is 3.81. The fourth-order valence-electron chi connectivity index (χ4n) is 2.41. The second-order valence-electron chi connectivity index (χ2n) is 5.63. The molecular formula is C17H26Cl2N2O2. The van der Waals surface area contributed by atoms with Gasteiger partial charge in [0.1, 0.15) is 6.04 Å². The van der Waals surface area contributed by atoms with Crippen LogP contribution in [0.3, 0.4) is 0 Å². The van der Waals surface area contributed by atoms with Crippen LogP contribution in [0, 0.1) is 0 Å². The largest absolute Gasteiger partial charge is 0.468 e. The van der Waals surface area contributed by atoms with E-state index in [1.807, 2.05) is 38.1 Å². The maximum atomic E-state index is 11.9. The van der Waals surface area contributed by atoms with Gasteiger partial charge in [0, 0.05) is 36.6 Å². The molecule has 1 aromatic rings. The lowest BCUT2D eigenvalue weighted by Gasteiger charge is -2.23. The van der Waals surface area contributed by atoms with Crippen molar-refractivity contribution in [3.63, 3.8) is 0 Å². The number of halogens is 2. The van der Waals surface area contributed by atoms with Crippen LogP contribution in [-0.4, -0.2) is 50.0 Å². The molecule has 0 aliphatic rings. The molecule has 1 unspecified atom stereocenters. The van der Waals surface area contributed by atoms with Gasteiger partial charge in [-0.3, -0.25) is 4.79 Å². The fraction of sp³-hybridized carbons (Fsp3) is 0.588. The molecule has 0 radical (unpaired) electrons. The lowest BCUT2D eigenvalue weighted by molar-refractivity contribution is -0.143. The third-order valence-electron chi connectivity index (χ3n) is 3.47. The number of carbonyl (C=O) groups is 1. The Kier molecular flexibility index (Phi) is 9.37. The number of rotatable bonds is 10. The first-order valence-electron chi connectivity index (χ1n) is 7.81. The van der Waals surface area contributed by atoms with Gasteiger partial charge < -0.3 is 15.0 Å². The summed E-state index contributed by atoms with van der Waals surface area (Å²) in [6, 6.07) is 8.01. The zero-order valence-electron chi connectivity index (χ0n) is 14.0. The molecule has 1 rings (SSSR count). The number of esters is 1. The minimum atomic E-state index is -0.340. The molecule has 0 amide bonds. The van der Waals surface area contributed by atoms with E-state index in [1.165, 1.54) is 7.11 Å². The number of methoxy groups -OCH3 is 1. The number of benzene rings is 1. The lowest BCUT2D eigenvalue weighted by Crippen LogP contribution is -2.43. The van der Waals surface area contributed by atoms with E-state index in [1.54, 1.807) is 0 Å². The van der Waals surface area contributed by atoms with Crippen LogP contribution in [-0.2, 0) is 16.0 Å². The average molecular weight is 361 g/mol. The van der Waals surface area contributed by atoms with Gasteiger partial charge in [0.15, 0.2) is 0 Å². The average Bonchev–Trinajstić information content (AvgIpc) is 2.53. The summed E-state index contributed by atoms with van der Waals surface area (Å²) < 4.78 is 4.87. The minimum absolute atomic E-state index is 0.210. The number of hydrogen-bond donors (Lipinski definition) is 1. The van der Waals surface area contributed by atoms with E-state index in [0.717, 1.165) is 24.3 Å². The molecule has 0 bridgehead atoms. The molecule has 0 spiro atoms. The van der Waals surface area contributed by atoms with Crippen molar-refractivity contribution in [2.45, 2.75) is 32.4 Å². The Morgan fingerprint density at radius 2 is 1.74 bits per heavy atom. The Hall–Kier alpha value is -0.970. The van der Waals surface area contributed by atoms with E-state index in [9.17, 15) is 4.79 Å². The van der Waals surface area contributed by atoms with Crippen molar-refractivity contribution in [3.8, 4) is 0 Å². The Labute approximate surface area is 149 Å². The van der Waals surface area contributed by atoms with Crippen molar-refractivity contribution in [1.82, 2.24) is 5.32 Å². The molecule has 0 aliphatic heterocycles. The summed E-state index contributed by atoms with van der Waals surface area (Å²) in [6.07, 6.45) is 0.593. The van der Waals surface area contributed by atoms with Gasteiger partial charge in [-0.05, 0) is 24.1 Å². The number of ether oxygens (including phenoxy) is 1. The smallest absolute Gasteiger partial charge is 0.323 e. The van der Waals surface area contributed by atoms with Gasteiger partial charge >= 0.3 is 5.97 Å². The van der Waals surface area contributed by atoms with E-state index >= 15 is 0 Å². The summed E-state index contributed by atoms with van der Waals surface area (Å²) in [5.41, 5.74) is 2.16. The molecule has 130 valence electrons. The van der Waals surface area contributed by atoms with Crippen LogP contribution < -0.4 is 10.2 Å². The summed E-state index contributed by atoms with van der Waals surface area (Å²) >= 11 is 11.7. The summed E-state index contributed by atoms with van der Waals surface area (Å²) in [6.45, 7) is 5.53. The predicted molar refractivity (Wildman–Crippen MR) is 97.9 cm³/mol. The second kappa shape index (κ2) is 10.7. The van der Waals surface area contributed by atoms with Crippen molar-refractivity contribution >= 4 is 34.9 Å². The molecule has 6 heteroatoms. The minimum Gasteiger partial charge on any atom is -0.468 e. The van der Waals surface area contributed by atoms with E-state index in [4.69, 9.17) is 27.9 Å². The molecule has 1 atom stereocenters. The number of anilines is 1. The van der Waals surface area contributed by atoms with Gasteiger partial charge in [-0.1, -0.05) is 26.0 Å². The summed E-state index contributed by atoms with van der Waals surface area (Å²) in [7, 11) is 1.41. The number of carbonyl (C=O) groups excluding carboxylic acids is 1. The third kappa shape index (κ3) is 6.98. The Morgan fingerprint density at radius 3 is 2.17 bits per heavy atom. The maximum absolute atomic E-state index is 11.9. The highest BCUT2D eigenvalue weighted by Gasteiger charge is 2.20. The Morgan fingerprint density at radius 1 is 1.17 bits per heavy atom. The highest BCUT2D eigenvalue weighted by molar-refractivity contribution is 6.18. The molecule has 0 aliphatic carbocycles. The van der Waals surface area contributed by atoms with Crippen molar-refractivity contribution < 1.29 is 9.53 Å². The highest BCUT2D eigenvalue weighted by atomic mass is 35.5. The van der Waals surface area contributed by atoms with Crippen molar-refractivity contribution in [1.29, 1.82) is 0 Å². The first-order valence-corrected chi connectivity index (χ1v) is 8.88. The summed E-state index contributed by atoms with van der Waals surface area (Å²) in [5.74, 6) is 0.872. The predicted octanol–water partition coefficient (Wildman–Crippen LogP) is 3.05. The monoisotopic (exact) mass is 360 g/mol. The fourth-order valence-corrected chi connectivity index (χ4v) is 2.82. The molecule has 1 N–H and O–H groups in total. The van der Waals surface area contributed by atoms with Crippen molar-refractivity contribution in [2.75, 3.05) is 36.9 Å². The molecule has 0 fully saturated rings. The van der Waals surface area contributed by atoms with Crippen LogP contribution in [0.15, 0.2) is 24.3 Å². The Balaban J connectivity index is 2.79. The van der Waals surface area contributed by atoms with Gasteiger partial charge in [-0.25, -0.2) is 0 Å². The first-order chi connectivity index (χ1) is 11.0. The Bertz CT molecular complexity index is 460. The van der Waals surface area contributed by atoms with E-state index in [2.05, 4.69) is 10.2 Å². The quantitative estimate of drug-likeness (QED) is 0.514. The van der Waals surface area contributed by atoms with E-state index in [-0.39, 0.29) is 18.1 Å². The van der Waals surface area contributed by atoms with Crippen LogP contribution in [0.1, 0.15) is 19.4 Å². The van der Waals surface area contributed by atoms with Crippen LogP contribution in [0.4, 0.5) is 5.69 Å². The van der Waals surface area contributed by atoms with Crippen LogP contribution in [0.2, 0.25) is 0 Å². The van der Waals surface area contributed by atoms with Gasteiger partial charge in [-0.15, -0.1) is 23.2 Å². The molecule has 23 heavy (non-hydrogen) atoms. The summed E-state index contributed by atoms with van der Waals surface area (Å²) in [5, 5.41) is 3.24. The molecule has 4 nitrogen and oxygen atoms in total. The van der Waals surface area contributed by atoms with Crippen molar-refractivity contribution in [3.05, 3.63) is 29.8 Å². The number of nitrogens with one attached hydrogen (secondary N) is 1. The topological polar surface area (TPSA) is 41.6 Å².